The monoisotopic (exact) mass is 243 g/mol. The highest BCUT2D eigenvalue weighted by Crippen LogP contribution is 2.26. The zero-order valence-corrected chi connectivity index (χ0v) is 9.24. The molecule has 0 bridgehead atoms. The molecule has 0 fully saturated rings. The van der Waals surface area contributed by atoms with Gasteiger partial charge in [0.1, 0.15) is 0 Å². The number of hydrogen-bond donors (Lipinski definition) is 1. The average Bonchev–Trinajstić information content (AvgIpc) is 2.39. The van der Waals surface area contributed by atoms with Crippen LogP contribution in [0.2, 0.25) is 0 Å². The minimum absolute atomic E-state index is 0.0623. The minimum atomic E-state index is -1.06. The fraction of sp³-hybridized carbons (Fsp3) is 0. The molecule has 90 valence electrons. The van der Waals surface area contributed by atoms with Crippen molar-refractivity contribution in [2.45, 2.75) is 0 Å². The van der Waals surface area contributed by atoms with E-state index in [4.69, 9.17) is 5.11 Å². The number of nitrogens with zero attached hydrogens (tertiary/aromatic N) is 1. The van der Waals surface area contributed by atoms with Crippen LogP contribution < -0.4 is 0 Å². The summed E-state index contributed by atoms with van der Waals surface area (Å²) in [5, 5.41) is 19.8. The number of aromatic carboxylic acids is 1. The van der Waals surface area contributed by atoms with Crippen LogP contribution in [-0.2, 0) is 0 Å². The first-order valence-corrected chi connectivity index (χ1v) is 5.17. The van der Waals surface area contributed by atoms with Gasteiger partial charge >= 0.3 is 5.97 Å². The molecule has 0 aliphatic carbocycles. The average molecular weight is 243 g/mol. The van der Waals surface area contributed by atoms with Crippen LogP contribution in [-0.4, -0.2) is 16.0 Å². The lowest BCUT2D eigenvalue weighted by Crippen LogP contribution is -1.99. The summed E-state index contributed by atoms with van der Waals surface area (Å²) in [6.07, 6.45) is 0. The molecule has 0 atom stereocenters. The number of hydrogen-bond acceptors (Lipinski definition) is 3. The topological polar surface area (TPSA) is 80.4 Å². The summed E-state index contributed by atoms with van der Waals surface area (Å²) < 4.78 is 0. The second-order valence-electron chi connectivity index (χ2n) is 3.66. The van der Waals surface area contributed by atoms with Gasteiger partial charge in [0.2, 0.25) is 0 Å². The summed E-state index contributed by atoms with van der Waals surface area (Å²) in [5.41, 5.74) is 1.04. The molecule has 0 aromatic heterocycles. The first-order chi connectivity index (χ1) is 8.59. The van der Waals surface area contributed by atoms with Crippen LogP contribution in [0.1, 0.15) is 10.4 Å². The molecule has 2 aromatic carbocycles. The molecule has 0 spiro atoms. The normalized spacial score (nSPS) is 10.0. The highest BCUT2D eigenvalue weighted by molar-refractivity contribution is 5.96. The highest BCUT2D eigenvalue weighted by atomic mass is 16.6. The van der Waals surface area contributed by atoms with Gasteiger partial charge in [0, 0.05) is 12.1 Å². The van der Waals surface area contributed by atoms with Crippen molar-refractivity contribution < 1.29 is 14.8 Å². The Morgan fingerprint density at radius 2 is 1.83 bits per heavy atom. The molecule has 0 aliphatic rings. The summed E-state index contributed by atoms with van der Waals surface area (Å²) in [7, 11) is 0. The molecule has 0 saturated carbocycles. The van der Waals surface area contributed by atoms with Crippen LogP contribution in [0.3, 0.4) is 0 Å². The molecule has 5 nitrogen and oxygen atoms in total. The van der Waals surface area contributed by atoms with Crippen molar-refractivity contribution in [1.82, 2.24) is 0 Å². The second kappa shape index (κ2) is 4.67. The molecular weight excluding hydrogens is 234 g/mol. The van der Waals surface area contributed by atoms with Crippen molar-refractivity contribution >= 4 is 11.7 Å². The Balaban J connectivity index is 2.58. The Morgan fingerprint density at radius 1 is 1.11 bits per heavy atom. The molecule has 0 radical (unpaired) electrons. The molecular formula is C13H9NO4. The number of carbonyl (C=O) groups is 1. The molecule has 5 heteroatoms. The highest BCUT2D eigenvalue weighted by Gasteiger charge is 2.13. The SMILES string of the molecule is O=C(O)c1ccccc1-c1cccc([N+](=O)[O-])c1. The van der Waals surface area contributed by atoms with Gasteiger partial charge in [-0.05, 0) is 17.2 Å². The van der Waals surface area contributed by atoms with Crippen molar-refractivity contribution in [3.05, 3.63) is 64.2 Å². The van der Waals surface area contributed by atoms with Crippen LogP contribution in [0.15, 0.2) is 48.5 Å². The molecule has 2 rings (SSSR count). The fourth-order valence-corrected chi connectivity index (χ4v) is 1.71. The number of rotatable bonds is 3. The van der Waals surface area contributed by atoms with E-state index in [2.05, 4.69) is 0 Å². The van der Waals surface area contributed by atoms with E-state index in [0.29, 0.717) is 11.1 Å². The Kier molecular flexibility index (Phi) is 3.05. The predicted molar refractivity (Wildman–Crippen MR) is 65.5 cm³/mol. The third-order valence-corrected chi connectivity index (χ3v) is 2.53. The molecule has 0 heterocycles. The smallest absolute Gasteiger partial charge is 0.336 e. The Morgan fingerprint density at radius 3 is 2.50 bits per heavy atom. The number of non-ortho nitro benzene ring substituents is 1. The summed E-state index contributed by atoms with van der Waals surface area (Å²) in [6, 6.07) is 12.3. The van der Waals surface area contributed by atoms with Gasteiger partial charge in [0.15, 0.2) is 0 Å². The van der Waals surface area contributed by atoms with Gasteiger partial charge in [-0.2, -0.15) is 0 Å². The Labute approximate surface area is 102 Å². The lowest BCUT2D eigenvalue weighted by Gasteiger charge is -2.05. The summed E-state index contributed by atoms with van der Waals surface area (Å²) in [5.74, 6) is -1.06. The van der Waals surface area contributed by atoms with Crippen LogP contribution >= 0.6 is 0 Å². The van der Waals surface area contributed by atoms with Crippen molar-refractivity contribution in [1.29, 1.82) is 0 Å². The van der Waals surface area contributed by atoms with E-state index in [1.807, 2.05) is 0 Å². The second-order valence-corrected chi connectivity index (χ2v) is 3.66. The molecule has 18 heavy (non-hydrogen) atoms. The van der Waals surface area contributed by atoms with Crippen LogP contribution in [0.4, 0.5) is 5.69 Å². The van der Waals surface area contributed by atoms with Gasteiger partial charge in [0.25, 0.3) is 5.69 Å². The molecule has 0 amide bonds. The van der Waals surface area contributed by atoms with E-state index < -0.39 is 10.9 Å². The fourth-order valence-electron chi connectivity index (χ4n) is 1.71. The minimum Gasteiger partial charge on any atom is -0.478 e. The van der Waals surface area contributed by atoms with E-state index >= 15 is 0 Å². The third kappa shape index (κ3) is 2.20. The number of carboxylic acid groups (broad SMARTS) is 1. The zero-order chi connectivity index (χ0) is 13.1. The molecule has 1 N–H and O–H groups in total. The number of carboxylic acids is 1. The van der Waals surface area contributed by atoms with E-state index in [1.165, 1.54) is 24.3 Å². The van der Waals surface area contributed by atoms with Crippen molar-refractivity contribution in [3.63, 3.8) is 0 Å². The Bertz CT molecular complexity index is 622. The maximum Gasteiger partial charge on any atom is 0.336 e. The molecule has 2 aromatic rings. The Hall–Kier alpha value is -2.69. The van der Waals surface area contributed by atoms with Gasteiger partial charge in [-0.1, -0.05) is 30.3 Å². The van der Waals surface area contributed by atoms with E-state index in [9.17, 15) is 14.9 Å². The van der Waals surface area contributed by atoms with Crippen LogP contribution in [0.25, 0.3) is 11.1 Å². The van der Waals surface area contributed by atoms with E-state index in [-0.39, 0.29) is 11.3 Å². The lowest BCUT2D eigenvalue weighted by molar-refractivity contribution is -0.384. The summed E-state index contributed by atoms with van der Waals surface area (Å²) in [4.78, 5) is 21.3. The van der Waals surface area contributed by atoms with Gasteiger partial charge < -0.3 is 5.11 Å². The standard InChI is InChI=1S/C13H9NO4/c15-13(16)12-7-2-1-6-11(12)9-4-3-5-10(8-9)14(17)18/h1-8H,(H,15,16). The van der Waals surface area contributed by atoms with E-state index in [0.717, 1.165) is 0 Å². The van der Waals surface area contributed by atoms with Gasteiger partial charge in [-0.15, -0.1) is 0 Å². The van der Waals surface area contributed by atoms with Crippen molar-refractivity contribution in [2.75, 3.05) is 0 Å². The maximum absolute atomic E-state index is 11.1. The van der Waals surface area contributed by atoms with Crippen LogP contribution in [0, 0.1) is 10.1 Å². The van der Waals surface area contributed by atoms with E-state index in [1.54, 1.807) is 24.3 Å². The number of nitro benzene ring substituents is 1. The first-order valence-electron chi connectivity index (χ1n) is 5.17. The van der Waals surface area contributed by atoms with Crippen molar-refractivity contribution in [2.24, 2.45) is 0 Å². The zero-order valence-electron chi connectivity index (χ0n) is 9.24. The summed E-state index contributed by atoms with van der Waals surface area (Å²) >= 11 is 0. The largest absolute Gasteiger partial charge is 0.478 e. The predicted octanol–water partition coefficient (Wildman–Crippen LogP) is 2.96. The molecule has 0 aliphatic heterocycles. The maximum atomic E-state index is 11.1. The number of nitro groups is 1. The third-order valence-electron chi connectivity index (χ3n) is 2.53. The quantitative estimate of drug-likeness (QED) is 0.663. The van der Waals surface area contributed by atoms with Gasteiger partial charge in [0.05, 0.1) is 10.5 Å². The van der Waals surface area contributed by atoms with Crippen molar-refractivity contribution in [3.8, 4) is 11.1 Å². The van der Waals surface area contributed by atoms with Gasteiger partial charge in [-0.25, -0.2) is 4.79 Å². The molecule has 0 saturated heterocycles. The summed E-state index contributed by atoms with van der Waals surface area (Å²) in [6.45, 7) is 0. The number of benzene rings is 2. The van der Waals surface area contributed by atoms with Gasteiger partial charge in [-0.3, -0.25) is 10.1 Å². The van der Waals surface area contributed by atoms with Crippen LogP contribution in [0.5, 0.6) is 0 Å². The lowest BCUT2D eigenvalue weighted by atomic mass is 9.99. The molecule has 0 unspecified atom stereocenters. The first kappa shape index (κ1) is 11.8.